The third kappa shape index (κ3) is 2.58. The number of aromatic nitrogens is 2. The van der Waals surface area contributed by atoms with Crippen molar-refractivity contribution >= 4 is 39.3 Å². The lowest BCUT2D eigenvalue weighted by Gasteiger charge is -2.19. The Bertz CT molecular complexity index is 317. The Kier molecular flexibility index (Phi) is 3.60. The van der Waals surface area contributed by atoms with Gasteiger partial charge < -0.3 is 0 Å². The van der Waals surface area contributed by atoms with Gasteiger partial charge in [-0.05, 0) is 36.0 Å². The molecule has 0 fully saturated rings. The minimum Gasteiger partial charge on any atom is -0.239 e. The average Bonchev–Trinajstić information content (AvgIpc) is 2.09. The Morgan fingerprint density at radius 2 is 2.15 bits per heavy atom. The van der Waals surface area contributed by atoms with Gasteiger partial charge in [-0.25, -0.2) is 9.97 Å². The first-order chi connectivity index (χ1) is 5.97. The number of thioether (sulfide) groups is 1. The predicted octanol–water partition coefficient (Wildman–Crippen LogP) is 3.49. The van der Waals surface area contributed by atoms with Gasteiger partial charge in [0.05, 0.1) is 9.22 Å². The van der Waals surface area contributed by atoms with Gasteiger partial charge in [-0.15, -0.1) is 0 Å². The topological polar surface area (TPSA) is 25.8 Å². The maximum atomic E-state index is 5.87. The highest BCUT2D eigenvalue weighted by Gasteiger charge is 2.22. The molecule has 1 aromatic heterocycles. The molecule has 0 bridgehead atoms. The van der Waals surface area contributed by atoms with E-state index in [1.54, 1.807) is 18.0 Å². The van der Waals surface area contributed by atoms with Crippen LogP contribution in [0.5, 0.6) is 0 Å². The fourth-order valence-electron chi connectivity index (χ4n) is 0.728. The van der Waals surface area contributed by atoms with Crippen LogP contribution in [0, 0.1) is 0 Å². The van der Waals surface area contributed by atoms with E-state index in [-0.39, 0.29) is 4.75 Å². The van der Waals surface area contributed by atoms with Crippen molar-refractivity contribution in [3.05, 3.63) is 21.6 Å². The van der Waals surface area contributed by atoms with Crippen LogP contribution in [0.3, 0.4) is 0 Å². The van der Waals surface area contributed by atoms with Gasteiger partial charge in [0.25, 0.3) is 0 Å². The first-order valence-electron chi connectivity index (χ1n) is 3.71. The molecule has 0 atom stereocenters. The van der Waals surface area contributed by atoms with Crippen LogP contribution in [0.25, 0.3) is 0 Å². The molecule has 0 radical (unpaired) electrons. The molecule has 1 heterocycles. The van der Waals surface area contributed by atoms with E-state index >= 15 is 0 Å². The maximum Gasteiger partial charge on any atom is 0.147 e. The summed E-state index contributed by atoms with van der Waals surface area (Å²) in [6.45, 7) is 4.13. The first-order valence-corrected chi connectivity index (χ1v) is 6.10. The van der Waals surface area contributed by atoms with Crippen molar-refractivity contribution in [2.75, 3.05) is 6.26 Å². The Balaban J connectivity index is 3.10. The largest absolute Gasteiger partial charge is 0.239 e. The molecule has 0 unspecified atom stereocenters. The lowest BCUT2D eigenvalue weighted by molar-refractivity contribution is 0.708. The number of hydrogen-bond acceptors (Lipinski definition) is 3. The van der Waals surface area contributed by atoms with Gasteiger partial charge in [-0.3, -0.25) is 0 Å². The molecule has 0 spiro atoms. The molecule has 0 N–H and O–H groups in total. The van der Waals surface area contributed by atoms with Gasteiger partial charge in [0.15, 0.2) is 0 Å². The summed E-state index contributed by atoms with van der Waals surface area (Å²) in [5, 5.41) is 0.465. The maximum absolute atomic E-state index is 5.87. The molecule has 0 aromatic carbocycles. The minimum atomic E-state index is -0.0929. The summed E-state index contributed by atoms with van der Waals surface area (Å²) < 4.78 is 0.638. The van der Waals surface area contributed by atoms with Crippen molar-refractivity contribution in [3.8, 4) is 0 Å². The molecular formula is C8H10BrClN2S. The molecule has 5 heteroatoms. The van der Waals surface area contributed by atoms with Crippen LogP contribution in [0.1, 0.15) is 19.7 Å². The summed E-state index contributed by atoms with van der Waals surface area (Å²) >= 11 is 10.8. The van der Waals surface area contributed by atoms with Gasteiger partial charge >= 0.3 is 0 Å². The Hall–Kier alpha value is 0.200. The average molecular weight is 282 g/mol. The fraction of sp³-hybridized carbons (Fsp3) is 0.500. The summed E-state index contributed by atoms with van der Waals surface area (Å²) in [6, 6.07) is 0. The number of halogens is 2. The smallest absolute Gasteiger partial charge is 0.147 e. The molecular weight excluding hydrogens is 272 g/mol. The Labute approximate surface area is 95.6 Å². The van der Waals surface area contributed by atoms with Crippen molar-refractivity contribution in [2.45, 2.75) is 18.6 Å². The Morgan fingerprint density at radius 3 is 2.62 bits per heavy atom. The molecule has 0 saturated heterocycles. The van der Waals surface area contributed by atoms with E-state index in [1.165, 1.54) is 0 Å². The second-order valence-corrected chi connectivity index (χ2v) is 5.69. The van der Waals surface area contributed by atoms with Crippen LogP contribution in [0.2, 0.25) is 5.15 Å². The zero-order chi connectivity index (χ0) is 10.1. The Morgan fingerprint density at radius 1 is 1.54 bits per heavy atom. The standard InChI is InChI=1S/C8H10BrClN2S/c1-8(2,13-3)7-11-4-5(9)6(10)12-7/h4H,1-3H3. The van der Waals surface area contributed by atoms with E-state index < -0.39 is 0 Å². The van der Waals surface area contributed by atoms with E-state index in [1.807, 2.05) is 6.26 Å². The van der Waals surface area contributed by atoms with Crippen molar-refractivity contribution in [3.63, 3.8) is 0 Å². The highest BCUT2D eigenvalue weighted by molar-refractivity contribution is 9.10. The third-order valence-corrected chi connectivity index (χ3v) is 4.05. The summed E-state index contributed by atoms with van der Waals surface area (Å²) in [5.74, 6) is 0.758. The van der Waals surface area contributed by atoms with Gasteiger partial charge in [0.2, 0.25) is 0 Å². The van der Waals surface area contributed by atoms with E-state index in [0.717, 1.165) is 10.3 Å². The van der Waals surface area contributed by atoms with Crippen LogP contribution in [0.4, 0.5) is 0 Å². The van der Waals surface area contributed by atoms with Crippen LogP contribution in [0.15, 0.2) is 10.7 Å². The molecule has 1 aromatic rings. The van der Waals surface area contributed by atoms with Gasteiger partial charge in [-0.1, -0.05) is 11.6 Å². The number of rotatable bonds is 2. The van der Waals surface area contributed by atoms with Crippen molar-refractivity contribution in [1.29, 1.82) is 0 Å². The van der Waals surface area contributed by atoms with Gasteiger partial charge in [0.1, 0.15) is 11.0 Å². The second-order valence-electron chi connectivity index (χ2n) is 3.05. The SMILES string of the molecule is CSC(C)(C)c1ncc(Br)c(Cl)n1. The molecule has 0 aliphatic heterocycles. The quantitative estimate of drug-likeness (QED) is 0.776. The van der Waals surface area contributed by atoms with E-state index in [2.05, 4.69) is 39.7 Å². The summed E-state index contributed by atoms with van der Waals surface area (Å²) in [4.78, 5) is 8.42. The second kappa shape index (κ2) is 4.15. The first kappa shape index (κ1) is 11.3. The number of hydrogen-bond donors (Lipinski definition) is 0. The van der Waals surface area contributed by atoms with E-state index in [0.29, 0.717) is 5.15 Å². The highest BCUT2D eigenvalue weighted by Crippen LogP contribution is 2.32. The molecule has 13 heavy (non-hydrogen) atoms. The lowest BCUT2D eigenvalue weighted by Crippen LogP contribution is -2.15. The highest BCUT2D eigenvalue weighted by atomic mass is 79.9. The molecule has 2 nitrogen and oxygen atoms in total. The van der Waals surface area contributed by atoms with Crippen molar-refractivity contribution in [2.24, 2.45) is 0 Å². The molecule has 0 amide bonds. The molecule has 0 saturated carbocycles. The van der Waals surface area contributed by atoms with Crippen molar-refractivity contribution in [1.82, 2.24) is 9.97 Å². The summed E-state index contributed by atoms with van der Waals surface area (Å²) in [6.07, 6.45) is 3.71. The number of nitrogens with zero attached hydrogens (tertiary/aromatic N) is 2. The van der Waals surface area contributed by atoms with Gasteiger partial charge in [0, 0.05) is 6.20 Å². The fourth-order valence-corrected chi connectivity index (χ4v) is 1.33. The molecule has 72 valence electrons. The molecule has 0 aliphatic carbocycles. The minimum absolute atomic E-state index is 0.0929. The lowest BCUT2D eigenvalue weighted by atomic mass is 10.2. The zero-order valence-corrected chi connectivity index (χ0v) is 10.8. The van der Waals surface area contributed by atoms with Crippen LogP contribution >= 0.6 is 39.3 Å². The zero-order valence-electron chi connectivity index (χ0n) is 7.64. The predicted molar refractivity (Wildman–Crippen MR) is 61.3 cm³/mol. The molecule has 0 aliphatic rings. The van der Waals surface area contributed by atoms with E-state index in [4.69, 9.17) is 11.6 Å². The molecule has 1 rings (SSSR count). The van der Waals surface area contributed by atoms with Crippen LogP contribution in [-0.2, 0) is 4.75 Å². The summed E-state index contributed by atoms with van der Waals surface area (Å²) in [5.41, 5.74) is 0. The van der Waals surface area contributed by atoms with Crippen LogP contribution in [-0.4, -0.2) is 16.2 Å². The third-order valence-electron chi connectivity index (χ3n) is 1.75. The van der Waals surface area contributed by atoms with Gasteiger partial charge in [-0.2, -0.15) is 11.8 Å². The van der Waals surface area contributed by atoms with Crippen LogP contribution < -0.4 is 0 Å². The van der Waals surface area contributed by atoms with Crippen molar-refractivity contribution < 1.29 is 0 Å². The monoisotopic (exact) mass is 280 g/mol. The summed E-state index contributed by atoms with van der Waals surface area (Å²) in [7, 11) is 0. The normalized spacial score (nSPS) is 11.8. The van der Waals surface area contributed by atoms with E-state index in [9.17, 15) is 0 Å².